The van der Waals surface area contributed by atoms with E-state index in [0.29, 0.717) is 10.8 Å². The molecule has 0 radical (unpaired) electrons. The molecule has 0 aliphatic rings. The summed E-state index contributed by atoms with van der Waals surface area (Å²) in [6.07, 6.45) is -4.68. The number of rotatable bonds is 4. The van der Waals surface area contributed by atoms with Crippen molar-refractivity contribution in [3.8, 4) is 11.5 Å². The molecule has 128 valence electrons. The van der Waals surface area contributed by atoms with Gasteiger partial charge in [-0.1, -0.05) is 27.5 Å². The molecule has 0 saturated carbocycles. The molecular formula is C17H13BrClF3O2. The van der Waals surface area contributed by atoms with Gasteiger partial charge in [0.2, 0.25) is 0 Å². The van der Waals surface area contributed by atoms with Crippen LogP contribution in [0.3, 0.4) is 0 Å². The Hall–Kier alpha value is -1.53. The van der Waals surface area contributed by atoms with Crippen LogP contribution in [0, 0.1) is 0 Å². The average Bonchev–Trinajstić information content (AvgIpc) is 2.47. The molecule has 2 nitrogen and oxygen atoms in total. The summed E-state index contributed by atoms with van der Waals surface area (Å²) in [5.41, 5.74) is -1.45. The lowest BCUT2D eigenvalue weighted by Gasteiger charge is -2.19. The molecule has 0 saturated heterocycles. The van der Waals surface area contributed by atoms with Crippen LogP contribution in [0.5, 0.6) is 11.5 Å². The van der Waals surface area contributed by atoms with Crippen LogP contribution in [0.25, 0.3) is 0 Å². The topological polar surface area (TPSA) is 26.3 Å². The Morgan fingerprint density at radius 3 is 2.08 bits per heavy atom. The predicted molar refractivity (Wildman–Crippen MR) is 90.3 cm³/mol. The fourth-order valence-electron chi connectivity index (χ4n) is 1.98. The van der Waals surface area contributed by atoms with Crippen LogP contribution in [0.15, 0.2) is 42.5 Å². The minimum atomic E-state index is -4.68. The number of alkyl halides is 4. The number of ether oxygens (including phenoxy) is 1. The Kier molecular flexibility index (Phi) is 5.30. The van der Waals surface area contributed by atoms with Gasteiger partial charge in [0, 0.05) is 10.6 Å². The van der Waals surface area contributed by atoms with Crippen molar-refractivity contribution in [2.75, 3.05) is 0 Å². The number of halogens is 5. The number of hydrogen-bond donors (Lipinski definition) is 0. The Morgan fingerprint density at radius 2 is 1.58 bits per heavy atom. The van der Waals surface area contributed by atoms with E-state index in [1.807, 2.05) is 0 Å². The van der Waals surface area contributed by atoms with Crippen LogP contribution >= 0.6 is 27.5 Å². The van der Waals surface area contributed by atoms with Gasteiger partial charge >= 0.3 is 6.18 Å². The highest BCUT2D eigenvalue weighted by atomic mass is 79.9. The van der Waals surface area contributed by atoms with E-state index < -0.39 is 27.4 Å². The lowest BCUT2D eigenvalue weighted by Crippen LogP contribution is -2.27. The second kappa shape index (κ2) is 6.76. The third-order valence-corrected chi connectivity index (χ3v) is 3.74. The van der Waals surface area contributed by atoms with E-state index in [-0.39, 0.29) is 5.75 Å². The molecule has 0 aliphatic heterocycles. The second-order valence-corrected chi connectivity index (χ2v) is 7.98. The standard InChI is InChI=1S/C17H13BrClF3O2/c1-16(2,18)15(23)13-8-7-12(9-14(13)17(20,21)22)24-11-5-3-10(19)4-6-11/h3-9H,1-2H3. The van der Waals surface area contributed by atoms with Gasteiger partial charge < -0.3 is 4.74 Å². The highest BCUT2D eigenvalue weighted by Crippen LogP contribution is 2.38. The first kappa shape index (κ1) is 18.8. The first-order valence-electron chi connectivity index (χ1n) is 6.87. The molecule has 0 N–H and O–H groups in total. The molecule has 0 fully saturated rings. The molecule has 0 aliphatic carbocycles. The normalized spacial score (nSPS) is 12.1. The molecule has 7 heteroatoms. The zero-order valence-electron chi connectivity index (χ0n) is 12.7. The fraction of sp³-hybridized carbons (Fsp3) is 0.235. The summed E-state index contributed by atoms with van der Waals surface area (Å²) in [5, 5.41) is 0.485. The first-order chi connectivity index (χ1) is 11.0. The minimum absolute atomic E-state index is 0.0198. The number of benzene rings is 2. The number of hydrogen-bond acceptors (Lipinski definition) is 2. The van der Waals surface area contributed by atoms with E-state index in [1.54, 1.807) is 12.1 Å². The highest BCUT2D eigenvalue weighted by Gasteiger charge is 2.38. The molecule has 2 aromatic carbocycles. The third kappa shape index (κ3) is 4.51. The summed E-state index contributed by atoms with van der Waals surface area (Å²) in [4.78, 5) is 12.2. The summed E-state index contributed by atoms with van der Waals surface area (Å²) in [6.45, 7) is 2.99. The highest BCUT2D eigenvalue weighted by molar-refractivity contribution is 9.10. The van der Waals surface area contributed by atoms with Gasteiger partial charge in [0.05, 0.1) is 9.89 Å². The van der Waals surface area contributed by atoms with Crippen molar-refractivity contribution in [1.82, 2.24) is 0 Å². The zero-order valence-corrected chi connectivity index (χ0v) is 15.1. The lowest BCUT2D eigenvalue weighted by atomic mass is 9.95. The SMILES string of the molecule is CC(C)(Br)C(=O)c1ccc(Oc2ccc(Cl)cc2)cc1C(F)(F)F. The van der Waals surface area contributed by atoms with Gasteiger partial charge in [0.1, 0.15) is 11.5 Å². The molecule has 0 atom stereocenters. The van der Waals surface area contributed by atoms with Crippen LogP contribution in [-0.4, -0.2) is 10.1 Å². The van der Waals surface area contributed by atoms with E-state index in [4.69, 9.17) is 16.3 Å². The summed E-state index contributed by atoms with van der Waals surface area (Å²) in [5.74, 6) is -0.339. The molecule has 0 spiro atoms. The van der Waals surface area contributed by atoms with Crippen LogP contribution in [-0.2, 0) is 6.18 Å². The van der Waals surface area contributed by atoms with Crippen LogP contribution < -0.4 is 4.74 Å². The van der Waals surface area contributed by atoms with Crippen molar-refractivity contribution < 1.29 is 22.7 Å². The van der Waals surface area contributed by atoms with Crippen molar-refractivity contribution >= 4 is 33.3 Å². The smallest absolute Gasteiger partial charge is 0.417 e. The number of carbonyl (C=O) groups is 1. The molecule has 2 rings (SSSR count). The van der Waals surface area contributed by atoms with Crippen LogP contribution in [0.2, 0.25) is 5.02 Å². The Balaban J connectivity index is 2.43. The van der Waals surface area contributed by atoms with Gasteiger partial charge in [-0.3, -0.25) is 4.79 Å². The van der Waals surface area contributed by atoms with Gasteiger partial charge in [-0.2, -0.15) is 13.2 Å². The van der Waals surface area contributed by atoms with Gasteiger partial charge in [0.25, 0.3) is 0 Å². The monoisotopic (exact) mass is 420 g/mol. The first-order valence-corrected chi connectivity index (χ1v) is 8.04. The molecule has 0 amide bonds. The summed E-state index contributed by atoms with van der Waals surface area (Å²) in [6, 6.07) is 9.47. The predicted octanol–water partition coefficient (Wildman–Crippen LogP) is 6.51. The quantitative estimate of drug-likeness (QED) is 0.416. The molecule has 0 aromatic heterocycles. The van der Waals surface area contributed by atoms with Crippen molar-refractivity contribution in [1.29, 1.82) is 0 Å². The molecular weight excluding hydrogens is 409 g/mol. The zero-order chi connectivity index (χ0) is 18.1. The second-order valence-electron chi connectivity index (χ2n) is 5.56. The molecule has 2 aromatic rings. The van der Waals surface area contributed by atoms with Gasteiger partial charge in [0.15, 0.2) is 5.78 Å². The summed E-state index contributed by atoms with van der Waals surface area (Å²) in [7, 11) is 0. The number of Topliss-reactive ketones (excluding diaryl/α,β-unsaturated/α-hetero) is 1. The largest absolute Gasteiger partial charge is 0.457 e. The van der Waals surface area contributed by atoms with E-state index in [1.165, 1.54) is 32.0 Å². The maximum absolute atomic E-state index is 13.3. The Labute approximate surface area is 150 Å². The maximum Gasteiger partial charge on any atom is 0.417 e. The lowest BCUT2D eigenvalue weighted by molar-refractivity contribution is -0.138. The van der Waals surface area contributed by atoms with Gasteiger partial charge in [-0.15, -0.1) is 0 Å². The van der Waals surface area contributed by atoms with Crippen molar-refractivity contribution in [3.05, 3.63) is 58.6 Å². The summed E-state index contributed by atoms with van der Waals surface area (Å²) >= 11 is 8.85. The molecule has 0 bridgehead atoms. The molecule has 0 heterocycles. The van der Waals surface area contributed by atoms with Crippen molar-refractivity contribution in [2.24, 2.45) is 0 Å². The van der Waals surface area contributed by atoms with E-state index in [2.05, 4.69) is 15.9 Å². The molecule has 24 heavy (non-hydrogen) atoms. The van der Waals surface area contributed by atoms with Gasteiger partial charge in [-0.05, 0) is 56.3 Å². The average molecular weight is 422 g/mol. The van der Waals surface area contributed by atoms with E-state index in [9.17, 15) is 18.0 Å². The van der Waals surface area contributed by atoms with Crippen LogP contribution in [0.1, 0.15) is 29.8 Å². The number of carbonyl (C=O) groups excluding carboxylic acids is 1. The van der Waals surface area contributed by atoms with Crippen LogP contribution in [0.4, 0.5) is 13.2 Å². The number of ketones is 1. The molecule has 0 unspecified atom stereocenters. The fourth-order valence-corrected chi connectivity index (χ4v) is 2.32. The Bertz CT molecular complexity index is 750. The van der Waals surface area contributed by atoms with E-state index >= 15 is 0 Å². The van der Waals surface area contributed by atoms with Gasteiger partial charge in [-0.25, -0.2) is 0 Å². The van der Waals surface area contributed by atoms with Crippen molar-refractivity contribution in [3.63, 3.8) is 0 Å². The van der Waals surface area contributed by atoms with E-state index in [0.717, 1.165) is 12.1 Å². The maximum atomic E-state index is 13.3. The minimum Gasteiger partial charge on any atom is -0.457 e. The Morgan fingerprint density at radius 1 is 1.04 bits per heavy atom. The third-order valence-electron chi connectivity index (χ3n) is 3.13. The van der Waals surface area contributed by atoms with Crippen molar-refractivity contribution in [2.45, 2.75) is 24.3 Å². The summed E-state index contributed by atoms with van der Waals surface area (Å²) < 4.78 is 44.3.